The first-order valence-corrected chi connectivity index (χ1v) is 5.20. The van der Waals surface area contributed by atoms with Gasteiger partial charge in [-0.3, -0.25) is 0 Å². The summed E-state index contributed by atoms with van der Waals surface area (Å²) in [6.45, 7) is 0. The van der Waals surface area contributed by atoms with Crippen molar-refractivity contribution in [1.82, 2.24) is 15.1 Å². The summed E-state index contributed by atoms with van der Waals surface area (Å²) in [4.78, 5) is 13.0. The summed E-state index contributed by atoms with van der Waals surface area (Å²) in [5, 5.41) is 8.34. The Morgan fingerprint density at radius 2 is 2.17 bits per heavy atom. The van der Waals surface area contributed by atoms with Crippen LogP contribution in [0.5, 0.6) is 0 Å². The van der Waals surface area contributed by atoms with Gasteiger partial charge < -0.3 is 4.42 Å². The lowest BCUT2D eigenvalue weighted by Gasteiger charge is -1.98. The highest BCUT2D eigenvalue weighted by Gasteiger charge is 2.11. The predicted octanol–water partition coefficient (Wildman–Crippen LogP) is 0.469. The number of benzene rings is 1. The van der Waals surface area contributed by atoms with Gasteiger partial charge in [-0.25, -0.2) is 16.2 Å². The van der Waals surface area contributed by atoms with Crippen LogP contribution in [0.4, 0.5) is 0 Å². The zero-order valence-corrected chi connectivity index (χ0v) is 9.20. The second-order valence-corrected chi connectivity index (χ2v) is 3.66. The molecular weight excluding hydrogens is 234 g/mol. The van der Waals surface area contributed by atoms with Gasteiger partial charge in [-0.2, -0.15) is 4.79 Å². The van der Waals surface area contributed by atoms with Crippen molar-refractivity contribution in [2.24, 2.45) is 5.84 Å². The third-order valence-corrected chi connectivity index (χ3v) is 2.54. The Labute approximate surface area is 101 Å². The van der Waals surface area contributed by atoms with Gasteiger partial charge in [0.25, 0.3) is 0 Å². The average molecular weight is 243 g/mol. The summed E-state index contributed by atoms with van der Waals surface area (Å²) in [7, 11) is 0. The minimum absolute atomic E-state index is 0.343. The number of hydrogen-bond donors (Lipinski definition) is 2. The molecule has 0 atom stereocenters. The number of nitrogens with two attached hydrogens (primary N) is 1. The van der Waals surface area contributed by atoms with Gasteiger partial charge in [-0.15, -0.1) is 5.10 Å². The van der Waals surface area contributed by atoms with Crippen molar-refractivity contribution >= 4 is 11.0 Å². The Kier molecular flexibility index (Phi) is 2.31. The third kappa shape index (κ3) is 1.62. The minimum Gasteiger partial charge on any atom is -0.422 e. The van der Waals surface area contributed by atoms with Crippen LogP contribution in [-0.2, 0) is 0 Å². The van der Waals surface area contributed by atoms with Crippen LogP contribution in [0.15, 0.2) is 45.7 Å². The summed E-state index contributed by atoms with van der Waals surface area (Å²) in [5.74, 6) is 5.18. The van der Waals surface area contributed by atoms with E-state index in [-0.39, 0.29) is 0 Å². The Balaban J connectivity index is 2.22. The van der Waals surface area contributed by atoms with Gasteiger partial charge in [0.2, 0.25) is 0 Å². The number of nitrogens with one attached hydrogen (secondary N) is 1. The minimum atomic E-state index is -0.460. The number of fused-ring (bicyclic) bond motifs is 1. The maximum Gasteiger partial charge on any atom is 0.345 e. The molecule has 3 aromatic rings. The van der Waals surface area contributed by atoms with Crippen LogP contribution in [-0.4, -0.2) is 15.1 Å². The molecule has 7 heteroatoms. The Bertz CT molecular complexity index is 761. The lowest BCUT2D eigenvalue weighted by Crippen LogP contribution is -2.21. The van der Waals surface area contributed by atoms with E-state index >= 15 is 0 Å². The molecule has 0 saturated heterocycles. The standard InChI is InChI=1S/C11H9N5O2/c12-14-16-6-9(13-15-16)8-5-7-3-1-2-4-10(7)18-11(8)17/h1-6,14H,12H2. The second-order valence-electron chi connectivity index (χ2n) is 3.66. The molecule has 0 fully saturated rings. The molecule has 7 nitrogen and oxygen atoms in total. The van der Waals surface area contributed by atoms with Gasteiger partial charge in [0.1, 0.15) is 11.3 Å². The lowest BCUT2D eigenvalue weighted by atomic mass is 10.1. The van der Waals surface area contributed by atoms with Crippen molar-refractivity contribution in [3.8, 4) is 11.3 Å². The van der Waals surface area contributed by atoms with Crippen LogP contribution < -0.4 is 17.0 Å². The van der Waals surface area contributed by atoms with E-state index in [2.05, 4.69) is 15.8 Å². The average Bonchev–Trinajstić information content (AvgIpc) is 2.86. The largest absolute Gasteiger partial charge is 0.422 e. The molecule has 0 bridgehead atoms. The molecule has 0 radical (unpaired) electrons. The number of hydrogen-bond acceptors (Lipinski definition) is 6. The zero-order valence-electron chi connectivity index (χ0n) is 9.20. The van der Waals surface area contributed by atoms with Crippen molar-refractivity contribution < 1.29 is 4.42 Å². The van der Waals surface area contributed by atoms with Crippen LogP contribution in [0.1, 0.15) is 0 Å². The molecule has 3 rings (SSSR count). The lowest BCUT2D eigenvalue weighted by molar-refractivity contribution is 0.563. The highest BCUT2D eigenvalue weighted by Crippen LogP contribution is 2.18. The van der Waals surface area contributed by atoms with Crippen LogP contribution in [0.3, 0.4) is 0 Å². The van der Waals surface area contributed by atoms with E-state index in [1.807, 2.05) is 12.1 Å². The van der Waals surface area contributed by atoms with Crippen molar-refractivity contribution in [2.75, 3.05) is 5.53 Å². The SMILES string of the molecule is NNn1cc(-c2cc3ccccc3oc2=O)nn1. The molecule has 2 heterocycles. The molecule has 0 spiro atoms. The van der Waals surface area contributed by atoms with Gasteiger partial charge in [0, 0.05) is 5.39 Å². The molecule has 0 aliphatic heterocycles. The number of nitrogen functional groups attached to an aromatic ring is 1. The molecule has 0 amide bonds. The summed E-state index contributed by atoms with van der Waals surface area (Å²) in [5.41, 5.74) is 3.10. The maximum absolute atomic E-state index is 11.8. The van der Waals surface area contributed by atoms with E-state index < -0.39 is 5.63 Å². The van der Waals surface area contributed by atoms with E-state index in [0.29, 0.717) is 16.8 Å². The molecule has 0 aliphatic carbocycles. The van der Waals surface area contributed by atoms with Gasteiger partial charge in [-0.05, 0) is 17.3 Å². The van der Waals surface area contributed by atoms with Gasteiger partial charge in [-0.1, -0.05) is 18.2 Å². The second kappa shape index (κ2) is 3.97. The van der Waals surface area contributed by atoms with Crippen LogP contribution in [0, 0.1) is 0 Å². The first-order chi connectivity index (χ1) is 8.78. The van der Waals surface area contributed by atoms with Crippen LogP contribution in [0.2, 0.25) is 0 Å². The highest BCUT2D eigenvalue weighted by molar-refractivity contribution is 5.80. The number of aromatic nitrogens is 3. The predicted molar refractivity (Wildman–Crippen MR) is 65.0 cm³/mol. The fraction of sp³-hybridized carbons (Fsp3) is 0. The first kappa shape index (κ1) is 10.5. The van der Waals surface area contributed by atoms with Gasteiger partial charge in [0.05, 0.1) is 11.8 Å². The molecule has 18 heavy (non-hydrogen) atoms. The Morgan fingerprint density at radius 1 is 1.33 bits per heavy atom. The van der Waals surface area contributed by atoms with Gasteiger partial charge >= 0.3 is 5.63 Å². The maximum atomic E-state index is 11.8. The zero-order chi connectivity index (χ0) is 12.5. The number of hydrazine groups is 1. The van der Waals surface area contributed by atoms with E-state index in [1.54, 1.807) is 18.2 Å². The smallest absolute Gasteiger partial charge is 0.345 e. The molecular formula is C11H9N5O2. The van der Waals surface area contributed by atoms with E-state index in [9.17, 15) is 4.79 Å². The molecule has 90 valence electrons. The van der Waals surface area contributed by atoms with Crippen molar-refractivity contribution in [3.05, 3.63) is 46.9 Å². The topological polar surface area (TPSA) is 99.0 Å². The Morgan fingerprint density at radius 3 is 2.94 bits per heavy atom. The summed E-state index contributed by atoms with van der Waals surface area (Å²) < 4.78 is 5.21. The highest BCUT2D eigenvalue weighted by atomic mass is 16.4. The molecule has 3 N–H and O–H groups in total. The fourth-order valence-electron chi connectivity index (χ4n) is 1.69. The molecule has 0 aliphatic rings. The van der Waals surface area contributed by atoms with E-state index in [4.69, 9.17) is 10.3 Å². The van der Waals surface area contributed by atoms with Crippen molar-refractivity contribution in [1.29, 1.82) is 0 Å². The normalized spacial score (nSPS) is 10.7. The third-order valence-electron chi connectivity index (χ3n) is 2.54. The van der Waals surface area contributed by atoms with Crippen molar-refractivity contribution in [2.45, 2.75) is 0 Å². The molecule has 0 unspecified atom stereocenters. The monoisotopic (exact) mass is 243 g/mol. The number of nitrogens with zero attached hydrogens (tertiary/aromatic N) is 3. The summed E-state index contributed by atoms with van der Waals surface area (Å²) >= 11 is 0. The van der Waals surface area contributed by atoms with E-state index in [0.717, 1.165) is 5.39 Å². The Hall–Kier alpha value is -2.67. The van der Waals surface area contributed by atoms with E-state index in [1.165, 1.54) is 11.0 Å². The van der Waals surface area contributed by atoms with Crippen LogP contribution in [0.25, 0.3) is 22.2 Å². The quantitative estimate of drug-likeness (QED) is 0.385. The molecule has 0 saturated carbocycles. The fourth-order valence-corrected chi connectivity index (χ4v) is 1.69. The first-order valence-electron chi connectivity index (χ1n) is 5.20. The summed E-state index contributed by atoms with van der Waals surface area (Å²) in [6.07, 6.45) is 1.50. The number of rotatable bonds is 2. The summed E-state index contributed by atoms with van der Waals surface area (Å²) in [6, 6.07) is 8.97. The number of para-hydroxylation sites is 1. The van der Waals surface area contributed by atoms with Crippen LogP contribution >= 0.6 is 0 Å². The molecule has 1 aromatic carbocycles. The molecule has 2 aromatic heterocycles. The van der Waals surface area contributed by atoms with Gasteiger partial charge in [0.15, 0.2) is 0 Å². The van der Waals surface area contributed by atoms with Crippen molar-refractivity contribution in [3.63, 3.8) is 0 Å².